The van der Waals surface area contributed by atoms with Gasteiger partial charge in [-0.1, -0.05) is 66.0 Å². The van der Waals surface area contributed by atoms with Crippen molar-refractivity contribution in [2.24, 2.45) is 10.9 Å². The predicted molar refractivity (Wildman–Crippen MR) is 159 cm³/mol. The lowest BCUT2D eigenvalue weighted by Gasteiger charge is -2.26. The van der Waals surface area contributed by atoms with Crippen LogP contribution in [0.2, 0.25) is 0 Å². The number of ketones is 1. The van der Waals surface area contributed by atoms with Crippen LogP contribution in [0.25, 0.3) is 0 Å². The van der Waals surface area contributed by atoms with E-state index in [4.69, 9.17) is 4.74 Å². The molecule has 2 aliphatic heterocycles. The van der Waals surface area contributed by atoms with Crippen molar-refractivity contribution in [3.8, 4) is 11.8 Å². The van der Waals surface area contributed by atoms with E-state index in [1.165, 1.54) is 16.7 Å². The van der Waals surface area contributed by atoms with E-state index in [-0.39, 0.29) is 5.78 Å². The van der Waals surface area contributed by atoms with Crippen LogP contribution in [0.5, 0.6) is 0 Å². The summed E-state index contributed by atoms with van der Waals surface area (Å²) in [5.41, 5.74) is 8.89. The Morgan fingerprint density at radius 1 is 1.05 bits per heavy atom. The van der Waals surface area contributed by atoms with E-state index < -0.39 is 0 Å². The lowest BCUT2D eigenvalue weighted by Crippen LogP contribution is -2.35. The number of hydrogen-bond donors (Lipinski definition) is 0. The van der Waals surface area contributed by atoms with Gasteiger partial charge in [0.25, 0.3) is 0 Å². The Kier molecular flexibility index (Phi) is 9.04. The number of aryl methyl sites for hydroxylation is 3. The zero-order valence-corrected chi connectivity index (χ0v) is 23.2. The summed E-state index contributed by atoms with van der Waals surface area (Å²) in [4.78, 5) is 20.2. The second-order valence-electron chi connectivity index (χ2n) is 10.9. The number of morpholine rings is 1. The van der Waals surface area contributed by atoms with Crippen molar-refractivity contribution in [2.45, 2.75) is 52.5 Å². The molecular weight excluding hydrogens is 480 g/mol. The summed E-state index contributed by atoms with van der Waals surface area (Å²) in [6.45, 7) is 8.78. The maximum atomic E-state index is 13.1. The first-order chi connectivity index (χ1) is 19.0. The van der Waals surface area contributed by atoms with Gasteiger partial charge in [-0.3, -0.25) is 14.7 Å². The Bertz CT molecular complexity index is 1390. The van der Waals surface area contributed by atoms with Gasteiger partial charge in [0, 0.05) is 60.6 Å². The third-order valence-corrected chi connectivity index (χ3v) is 7.68. The number of allylic oxidation sites excluding steroid dienone is 5. The van der Waals surface area contributed by atoms with Crippen LogP contribution in [-0.4, -0.2) is 42.7 Å². The first-order valence-corrected chi connectivity index (χ1v) is 14.2. The molecule has 1 aliphatic carbocycles. The van der Waals surface area contributed by atoms with Crippen LogP contribution < -0.4 is 0 Å². The number of benzene rings is 2. The number of aliphatic imine (C=N–C) groups is 1. The van der Waals surface area contributed by atoms with Crippen LogP contribution in [0.4, 0.5) is 0 Å². The molecule has 5 rings (SSSR count). The van der Waals surface area contributed by atoms with Gasteiger partial charge in [0.2, 0.25) is 0 Å². The first kappa shape index (κ1) is 27.1. The van der Waals surface area contributed by atoms with Gasteiger partial charge in [-0.25, -0.2) is 0 Å². The fourth-order valence-electron chi connectivity index (χ4n) is 5.50. The van der Waals surface area contributed by atoms with Crippen molar-refractivity contribution < 1.29 is 9.53 Å². The molecule has 4 nitrogen and oxygen atoms in total. The summed E-state index contributed by atoms with van der Waals surface area (Å²) in [6.07, 6.45) is 14.5. The summed E-state index contributed by atoms with van der Waals surface area (Å²) in [6, 6.07) is 12.8. The number of carbonyl (C=O) groups excluding carboxylic acids is 1. The summed E-state index contributed by atoms with van der Waals surface area (Å²) in [5.74, 6) is 7.24. The standard InChI is InChI=1S/C35H38N2O2/c1-26-19-28(21-30(20-26)25-37-15-17-39-18-16-37)7-6-10-35(38)33-13-11-27(2)31(23-33)14-12-29-22-32-8-4-3-5-9-34(32)36-24-29/h3-5,9,11,13,19-21,23-24,32H,6-8,10,15-18,22,25H2,1-2H3. The van der Waals surface area contributed by atoms with Gasteiger partial charge >= 0.3 is 0 Å². The molecule has 0 aromatic heterocycles. The smallest absolute Gasteiger partial charge is 0.162 e. The lowest BCUT2D eigenvalue weighted by atomic mass is 9.90. The number of hydrogen-bond acceptors (Lipinski definition) is 4. The van der Waals surface area contributed by atoms with Crippen molar-refractivity contribution in [1.29, 1.82) is 0 Å². The predicted octanol–water partition coefficient (Wildman–Crippen LogP) is 6.55. The quantitative estimate of drug-likeness (QED) is 0.308. The number of Topliss-reactive ketones (excluding diaryl/α,β-unsaturated/α-hetero) is 1. The average molecular weight is 519 g/mol. The summed E-state index contributed by atoms with van der Waals surface area (Å²) < 4.78 is 5.48. The molecule has 1 fully saturated rings. The van der Waals surface area contributed by atoms with Crippen LogP contribution in [0.15, 0.2) is 77.5 Å². The number of carbonyl (C=O) groups is 1. The third kappa shape index (κ3) is 7.53. The normalized spacial score (nSPS) is 18.9. The number of nitrogens with zero attached hydrogens (tertiary/aromatic N) is 2. The monoisotopic (exact) mass is 518 g/mol. The van der Waals surface area contributed by atoms with Crippen LogP contribution in [-0.2, 0) is 17.7 Å². The third-order valence-electron chi connectivity index (χ3n) is 7.68. The maximum Gasteiger partial charge on any atom is 0.162 e. The molecule has 0 amide bonds. The Morgan fingerprint density at radius 2 is 1.90 bits per heavy atom. The Balaban J connectivity index is 1.18. The minimum Gasteiger partial charge on any atom is -0.379 e. The second-order valence-corrected chi connectivity index (χ2v) is 10.9. The van der Waals surface area contributed by atoms with E-state index in [0.29, 0.717) is 12.3 Å². The molecule has 2 aromatic rings. The molecule has 0 bridgehead atoms. The van der Waals surface area contributed by atoms with E-state index in [1.807, 2.05) is 24.4 Å². The van der Waals surface area contributed by atoms with Crippen LogP contribution in [0, 0.1) is 31.6 Å². The molecule has 3 aliphatic rings. The van der Waals surface area contributed by atoms with Gasteiger partial charge in [0.15, 0.2) is 5.78 Å². The summed E-state index contributed by atoms with van der Waals surface area (Å²) in [5, 5.41) is 0. The second kappa shape index (κ2) is 13.0. The zero-order chi connectivity index (χ0) is 27.0. The van der Waals surface area contributed by atoms with Crippen molar-refractivity contribution in [2.75, 3.05) is 26.3 Å². The lowest BCUT2D eigenvalue weighted by molar-refractivity contribution is 0.0342. The topological polar surface area (TPSA) is 41.9 Å². The average Bonchev–Trinajstić information content (AvgIpc) is 3.18. The molecule has 1 atom stereocenters. The van der Waals surface area contributed by atoms with E-state index >= 15 is 0 Å². The highest BCUT2D eigenvalue weighted by Gasteiger charge is 2.18. The summed E-state index contributed by atoms with van der Waals surface area (Å²) in [7, 11) is 0. The fourth-order valence-corrected chi connectivity index (χ4v) is 5.50. The van der Waals surface area contributed by atoms with E-state index in [1.54, 1.807) is 0 Å². The van der Waals surface area contributed by atoms with Crippen molar-refractivity contribution in [3.63, 3.8) is 0 Å². The minimum absolute atomic E-state index is 0.183. The molecule has 2 heterocycles. The van der Waals surface area contributed by atoms with Gasteiger partial charge < -0.3 is 4.74 Å². The Hall–Kier alpha value is -3.52. The Labute approximate surface area is 233 Å². The van der Waals surface area contributed by atoms with Crippen molar-refractivity contribution in [1.82, 2.24) is 4.90 Å². The highest BCUT2D eigenvalue weighted by Crippen LogP contribution is 2.25. The van der Waals surface area contributed by atoms with Gasteiger partial charge in [0.05, 0.1) is 13.2 Å². The molecule has 0 N–H and O–H groups in total. The molecule has 4 heteroatoms. The van der Waals surface area contributed by atoms with Gasteiger partial charge in [-0.2, -0.15) is 0 Å². The van der Waals surface area contributed by atoms with Gasteiger partial charge in [-0.05, 0) is 68.4 Å². The number of rotatable bonds is 7. The molecule has 1 unspecified atom stereocenters. The molecule has 0 spiro atoms. The molecule has 39 heavy (non-hydrogen) atoms. The Morgan fingerprint density at radius 3 is 2.77 bits per heavy atom. The van der Waals surface area contributed by atoms with Crippen LogP contribution in [0.3, 0.4) is 0 Å². The molecule has 0 saturated carbocycles. The molecule has 1 saturated heterocycles. The number of ether oxygens (including phenoxy) is 1. The fraction of sp³-hybridized carbons (Fsp3) is 0.371. The molecule has 0 radical (unpaired) electrons. The first-order valence-electron chi connectivity index (χ1n) is 14.2. The SMILES string of the molecule is Cc1cc(CCCC(=O)c2ccc(C)c(C#CC3=CN=C4C=CC=CCC4C3)c2)cc(CN2CCOCC2)c1. The molecular formula is C35H38N2O2. The van der Waals surface area contributed by atoms with Crippen LogP contribution in [0.1, 0.15) is 63.9 Å². The maximum absolute atomic E-state index is 13.1. The van der Waals surface area contributed by atoms with Crippen molar-refractivity contribution >= 4 is 11.5 Å². The summed E-state index contributed by atoms with van der Waals surface area (Å²) >= 11 is 0. The molecule has 2 aromatic carbocycles. The molecule has 200 valence electrons. The van der Waals surface area contributed by atoms with E-state index in [9.17, 15) is 4.79 Å². The zero-order valence-electron chi connectivity index (χ0n) is 23.2. The highest BCUT2D eigenvalue weighted by molar-refractivity contribution is 5.99. The number of fused-ring (bicyclic) bond motifs is 1. The minimum atomic E-state index is 0.183. The highest BCUT2D eigenvalue weighted by atomic mass is 16.5. The van der Waals surface area contributed by atoms with Gasteiger partial charge in [-0.15, -0.1) is 0 Å². The van der Waals surface area contributed by atoms with Crippen molar-refractivity contribution in [3.05, 3.63) is 106 Å². The van der Waals surface area contributed by atoms with Crippen LogP contribution >= 0.6 is 0 Å². The largest absolute Gasteiger partial charge is 0.379 e. The van der Waals surface area contributed by atoms with E-state index in [2.05, 4.69) is 78.1 Å². The van der Waals surface area contributed by atoms with Gasteiger partial charge in [0.1, 0.15) is 0 Å². The van der Waals surface area contributed by atoms with E-state index in [0.717, 1.165) is 86.5 Å².